The van der Waals surface area contributed by atoms with E-state index < -0.39 is 11.6 Å². The molecule has 0 aliphatic rings. The van der Waals surface area contributed by atoms with Crippen LogP contribution in [0.2, 0.25) is 0 Å². The maximum absolute atomic E-state index is 13.5. The van der Waals surface area contributed by atoms with Gasteiger partial charge in [-0.2, -0.15) is 15.0 Å². The van der Waals surface area contributed by atoms with Gasteiger partial charge in [0.25, 0.3) is 0 Å². The lowest BCUT2D eigenvalue weighted by Crippen LogP contribution is -2.12. The molecule has 0 amide bonds. The number of nitrogens with zero attached hydrogens (tertiary/aromatic N) is 3. The highest BCUT2D eigenvalue weighted by Gasteiger charge is 2.11. The second kappa shape index (κ2) is 5.76. The van der Waals surface area contributed by atoms with Crippen molar-refractivity contribution in [2.45, 2.75) is 10.1 Å². The van der Waals surface area contributed by atoms with Crippen LogP contribution < -0.4 is 16.0 Å². The Kier molecular flexibility index (Phi) is 4.07. The molecule has 19 heavy (non-hydrogen) atoms. The molecule has 0 aliphatic carbocycles. The Balaban J connectivity index is 2.31. The zero-order chi connectivity index (χ0) is 13.8. The van der Waals surface area contributed by atoms with Gasteiger partial charge in [-0.3, -0.25) is 5.43 Å². The van der Waals surface area contributed by atoms with Crippen LogP contribution in [0.1, 0.15) is 0 Å². The number of methoxy groups -OCH3 is 1. The minimum atomic E-state index is -0.702. The number of nitrogen functional groups attached to an aromatic ring is 1. The van der Waals surface area contributed by atoms with Crippen molar-refractivity contribution in [1.82, 2.24) is 15.0 Å². The van der Waals surface area contributed by atoms with Crippen molar-refractivity contribution >= 4 is 17.7 Å². The molecule has 1 aromatic carbocycles. The van der Waals surface area contributed by atoms with E-state index in [4.69, 9.17) is 10.6 Å². The Labute approximate surface area is 111 Å². The number of ether oxygens (including phenoxy) is 1. The van der Waals surface area contributed by atoms with Crippen LogP contribution in [-0.4, -0.2) is 22.1 Å². The molecule has 0 unspecified atom stereocenters. The lowest BCUT2D eigenvalue weighted by Gasteiger charge is -2.05. The lowest BCUT2D eigenvalue weighted by molar-refractivity contribution is 0.373. The van der Waals surface area contributed by atoms with Crippen molar-refractivity contribution in [1.29, 1.82) is 0 Å². The summed E-state index contributed by atoms with van der Waals surface area (Å²) in [6.07, 6.45) is 0. The molecular formula is C10H9F2N5OS. The van der Waals surface area contributed by atoms with E-state index in [-0.39, 0.29) is 22.0 Å². The van der Waals surface area contributed by atoms with Crippen LogP contribution in [0.5, 0.6) is 6.01 Å². The Morgan fingerprint density at radius 1 is 1.26 bits per heavy atom. The van der Waals surface area contributed by atoms with Gasteiger partial charge in [-0.15, -0.1) is 0 Å². The number of hydrazine groups is 1. The van der Waals surface area contributed by atoms with Gasteiger partial charge >= 0.3 is 6.01 Å². The van der Waals surface area contributed by atoms with Gasteiger partial charge in [0.2, 0.25) is 11.1 Å². The monoisotopic (exact) mass is 285 g/mol. The zero-order valence-electron chi connectivity index (χ0n) is 9.72. The third-order valence-corrected chi connectivity index (χ3v) is 2.92. The second-order valence-corrected chi connectivity index (χ2v) is 4.26. The maximum atomic E-state index is 13.5. The summed E-state index contributed by atoms with van der Waals surface area (Å²) in [5.74, 6) is 3.92. The fourth-order valence-corrected chi connectivity index (χ4v) is 1.94. The van der Waals surface area contributed by atoms with Crippen molar-refractivity contribution < 1.29 is 13.5 Å². The molecule has 100 valence electrons. The summed E-state index contributed by atoms with van der Waals surface area (Å²) < 4.78 is 31.1. The van der Waals surface area contributed by atoms with Gasteiger partial charge in [-0.25, -0.2) is 14.6 Å². The second-order valence-electron chi connectivity index (χ2n) is 3.25. The molecule has 0 fully saturated rings. The average Bonchev–Trinajstić information content (AvgIpc) is 2.41. The van der Waals surface area contributed by atoms with E-state index in [1.165, 1.54) is 13.2 Å². The SMILES string of the molecule is COc1nc(NN)nc(Sc2ccc(F)cc2F)n1. The number of rotatable bonds is 4. The summed E-state index contributed by atoms with van der Waals surface area (Å²) in [4.78, 5) is 11.8. The minimum Gasteiger partial charge on any atom is -0.467 e. The number of hydrogen-bond acceptors (Lipinski definition) is 7. The molecule has 0 aliphatic heterocycles. The standard InChI is InChI=1S/C10H9F2N5OS/c1-18-9-14-8(17-13)15-10(16-9)19-7-3-2-5(11)4-6(7)12/h2-4H,13H2,1H3,(H,14,15,16,17). The first-order valence-electron chi connectivity index (χ1n) is 5.02. The molecule has 3 N–H and O–H groups in total. The fourth-order valence-electron chi connectivity index (χ4n) is 1.20. The molecule has 6 nitrogen and oxygen atoms in total. The van der Waals surface area contributed by atoms with E-state index in [0.717, 1.165) is 23.9 Å². The van der Waals surface area contributed by atoms with Crippen LogP contribution in [-0.2, 0) is 0 Å². The lowest BCUT2D eigenvalue weighted by atomic mass is 10.3. The van der Waals surface area contributed by atoms with Crippen molar-refractivity contribution in [3.63, 3.8) is 0 Å². The number of benzene rings is 1. The fraction of sp³-hybridized carbons (Fsp3) is 0.100. The van der Waals surface area contributed by atoms with Crippen LogP contribution in [0.25, 0.3) is 0 Å². The molecule has 0 saturated carbocycles. The van der Waals surface area contributed by atoms with Gasteiger partial charge in [0.15, 0.2) is 0 Å². The van der Waals surface area contributed by atoms with Gasteiger partial charge in [0, 0.05) is 6.07 Å². The van der Waals surface area contributed by atoms with E-state index in [2.05, 4.69) is 20.4 Å². The van der Waals surface area contributed by atoms with Crippen LogP contribution in [0.4, 0.5) is 14.7 Å². The van der Waals surface area contributed by atoms with E-state index in [9.17, 15) is 8.78 Å². The van der Waals surface area contributed by atoms with Crippen LogP contribution in [0.15, 0.2) is 28.3 Å². The minimum absolute atomic E-state index is 0.0352. The van der Waals surface area contributed by atoms with E-state index in [1.54, 1.807) is 0 Å². The predicted octanol–water partition coefficient (Wildman–Crippen LogP) is 1.60. The first-order chi connectivity index (χ1) is 9.12. The van der Waals surface area contributed by atoms with E-state index in [0.29, 0.717) is 0 Å². The van der Waals surface area contributed by atoms with Crippen LogP contribution >= 0.6 is 11.8 Å². The summed E-state index contributed by atoms with van der Waals surface area (Å²) in [6, 6.07) is 3.25. The van der Waals surface area contributed by atoms with Crippen molar-refractivity contribution in [3.8, 4) is 6.01 Å². The smallest absolute Gasteiger partial charge is 0.322 e. The van der Waals surface area contributed by atoms with Gasteiger partial charge < -0.3 is 4.74 Å². The first kappa shape index (κ1) is 13.4. The highest BCUT2D eigenvalue weighted by Crippen LogP contribution is 2.28. The number of anilines is 1. The predicted molar refractivity (Wildman–Crippen MR) is 64.7 cm³/mol. The molecule has 2 rings (SSSR count). The molecule has 9 heteroatoms. The van der Waals surface area contributed by atoms with E-state index in [1.807, 2.05) is 0 Å². The highest BCUT2D eigenvalue weighted by atomic mass is 32.2. The number of hydrogen-bond donors (Lipinski definition) is 2. The van der Waals surface area contributed by atoms with Gasteiger partial charge in [-0.05, 0) is 23.9 Å². The van der Waals surface area contributed by atoms with Crippen molar-refractivity contribution in [3.05, 3.63) is 29.8 Å². The molecule has 0 bridgehead atoms. The first-order valence-corrected chi connectivity index (χ1v) is 5.83. The van der Waals surface area contributed by atoms with E-state index >= 15 is 0 Å². The summed E-state index contributed by atoms with van der Waals surface area (Å²) in [5, 5.41) is 0.172. The molecule has 0 saturated heterocycles. The van der Waals surface area contributed by atoms with Crippen LogP contribution in [0, 0.1) is 11.6 Å². The van der Waals surface area contributed by atoms with Gasteiger partial charge in [0.1, 0.15) is 11.6 Å². The number of aromatic nitrogens is 3. The van der Waals surface area contributed by atoms with Crippen molar-refractivity contribution in [2.75, 3.05) is 12.5 Å². The van der Waals surface area contributed by atoms with Crippen LogP contribution in [0.3, 0.4) is 0 Å². The Morgan fingerprint density at radius 2 is 2.05 bits per heavy atom. The summed E-state index contributed by atoms with van der Waals surface area (Å²) >= 11 is 0.903. The normalized spacial score (nSPS) is 10.3. The third kappa shape index (κ3) is 3.26. The highest BCUT2D eigenvalue weighted by molar-refractivity contribution is 7.99. The zero-order valence-corrected chi connectivity index (χ0v) is 10.5. The number of halogens is 2. The Bertz CT molecular complexity index is 576. The molecule has 0 radical (unpaired) electrons. The number of nitrogens with one attached hydrogen (secondary N) is 1. The maximum Gasteiger partial charge on any atom is 0.322 e. The average molecular weight is 285 g/mol. The number of nitrogens with two attached hydrogens (primary N) is 1. The van der Waals surface area contributed by atoms with Gasteiger partial charge in [-0.1, -0.05) is 0 Å². The summed E-state index contributed by atoms with van der Waals surface area (Å²) in [7, 11) is 1.38. The molecule has 1 heterocycles. The topological polar surface area (TPSA) is 86.0 Å². The van der Waals surface area contributed by atoms with Crippen molar-refractivity contribution in [2.24, 2.45) is 5.84 Å². The molecule has 0 atom stereocenters. The Morgan fingerprint density at radius 3 is 2.68 bits per heavy atom. The molecular weight excluding hydrogens is 276 g/mol. The summed E-state index contributed by atoms with van der Waals surface area (Å²) in [6.45, 7) is 0. The molecule has 1 aromatic heterocycles. The third-order valence-electron chi connectivity index (χ3n) is 2.00. The molecule has 2 aromatic rings. The molecule has 0 spiro atoms. The quantitative estimate of drug-likeness (QED) is 0.651. The van der Waals surface area contributed by atoms with Gasteiger partial charge in [0.05, 0.1) is 12.0 Å². The largest absolute Gasteiger partial charge is 0.467 e. The Hall–Kier alpha value is -2.00. The summed E-state index contributed by atoms with van der Waals surface area (Å²) in [5.41, 5.74) is 2.24.